The van der Waals surface area contributed by atoms with Crippen molar-refractivity contribution in [2.75, 3.05) is 5.32 Å². The molecule has 0 atom stereocenters. The minimum Gasteiger partial charge on any atom is -0.507 e. The molecule has 0 aliphatic heterocycles. The molecule has 17 heavy (non-hydrogen) atoms. The monoisotopic (exact) mass is 234 g/mol. The summed E-state index contributed by atoms with van der Waals surface area (Å²) < 4.78 is 12.9. The maximum atomic E-state index is 12.9. The number of rotatable bonds is 2. The maximum absolute atomic E-state index is 12.9. The van der Waals surface area contributed by atoms with Gasteiger partial charge in [-0.25, -0.2) is 9.37 Å². The minimum absolute atomic E-state index is 0.0267. The predicted octanol–water partition coefficient (Wildman–Crippen LogP) is 0.969. The summed E-state index contributed by atoms with van der Waals surface area (Å²) in [4.78, 5) is 15.4. The number of phenolic OH excluding ortho intramolecular Hbond substituents is 1. The van der Waals surface area contributed by atoms with Crippen LogP contribution in [0.2, 0.25) is 0 Å². The Morgan fingerprint density at radius 2 is 2.18 bits per heavy atom. The smallest absolute Gasteiger partial charge is 0.261 e. The van der Waals surface area contributed by atoms with Crippen molar-refractivity contribution in [3.63, 3.8) is 0 Å². The second-order valence-corrected chi connectivity index (χ2v) is 3.08. The van der Waals surface area contributed by atoms with Gasteiger partial charge in [-0.05, 0) is 18.2 Å². The van der Waals surface area contributed by atoms with Crippen LogP contribution in [0.25, 0.3) is 0 Å². The summed E-state index contributed by atoms with van der Waals surface area (Å²) in [5.41, 5.74) is -0.197. The molecule has 0 aliphatic carbocycles. The van der Waals surface area contributed by atoms with Gasteiger partial charge in [0.25, 0.3) is 5.91 Å². The van der Waals surface area contributed by atoms with Gasteiger partial charge in [0.2, 0.25) is 5.95 Å². The summed E-state index contributed by atoms with van der Waals surface area (Å²) in [5, 5.41) is 18.7. The second kappa shape index (κ2) is 4.52. The normalized spacial score (nSPS) is 9.94. The fourth-order valence-electron chi connectivity index (χ4n) is 1.16. The number of halogens is 1. The van der Waals surface area contributed by atoms with Crippen molar-refractivity contribution in [2.45, 2.75) is 0 Å². The van der Waals surface area contributed by atoms with Gasteiger partial charge in [-0.2, -0.15) is 5.10 Å². The zero-order chi connectivity index (χ0) is 12.3. The topological polar surface area (TPSA) is 88.0 Å². The SMILES string of the molecule is O=C(Nc1nccnn1)c1cc(F)ccc1O. The van der Waals surface area contributed by atoms with Crippen LogP contribution in [0.15, 0.2) is 30.6 Å². The van der Waals surface area contributed by atoms with Gasteiger partial charge in [-0.1, -0.05) is 0 Å². The third kappa shape index (κ3) is 2.51. The average Bonchev–Trinajstić information content (AvgIpc) is 2.33. The summed E-state index contributed by atoms with van der Waals surface area (Å²) in [7, 11) is 0. The molecule has 1 aromatic heterocycles. The Hall–Kier alpha value is -2.57. The first-order chi connectivity index (χ1) is 8.16. The lowest BCUT2D eigenvalue weighted by atomic mass is 10.2. The number of aromatic nitrogens is 3. The van der Waals surface area contributed by atoms with Gasteiger partial charge in [0, 0.05) is 0 Å². The number of nitrogens with zero attached hydrogens (tertiary/aromatic N) is 3. The standard InChI is InChI=1S/C10H7FN4O2/c11-6-1-2-8(16)7(5-6)9(17)14-10-12-3-4-13-15-10/h1-5,16H,(H,12,14,15,17). The van der Waals surface area contributed by atoms with E-state index in [1.807, 2.05) is 0 Å². The number of carbonyl (C=O) groups excluding carboxylic acids is 1. The highest BCUT2D eigenvalue weighted by Crippen LogP contribution is 2.18. The number of aromatic hydroxyl groups is 1. The van der Waals surface area contributed by atoms with E-state index in [0.29, 0.717) is 0 Å². The van der Waals surface area contributed by atoms with Crippen LogP contribution in [-0.4, -0.2) is 26.2 Å². The van der Waals surface area contributed by atoms with E-state index in [1.165, 1.54) is 12.4 Å². The number of anilines is 1. The molecule has 0 saturated heterocycles. The van der Waals surface area contributed by atoms with Crippen molar-refractivity contribution in [3.8, 4) is 5.75 Å². The average molecular weight is 234 g/mol. The van der Waals surface area contributed by atoms with Gasteiger partial charge >= 0.3 is 0 Å². The van der Waals surface area contributed by atoms with E-state index < -0.39 is 11.7 Å². The molecule has 0 fully saturated rings. The third-order valence-electron chi connectivity index (χ3n) is 1.91. The van der Waals surface area contributed by atoms with Crippen LogP contribution in [0.4, 0.5) is 10.3 Å². The number of carbonyl (C=O) groups is 1. The van der Waals surface area contributed by atoms with Crippen molar-refractivity contribution in [3.05, 3.63) is 42.0 Å². The molecule has 2 N–H and O–H groups in total. The fourth-order valence-corrected chi connectivity index (χ4v) is 1.16. The van der Waals surface area contributed by atoms with Gasteiger partial charge in [0.05, 0.1) is 18.0 Å². The maximum Gasteiger partial charge on any atom is 0.261 e. The second-order valence-electron chi connectivity index (χ2n) is 3.08. The van der Waals surface area contributed by atoms with Crippen LogP contribution in [-0.2, 0) is 0 Å². The fraction of sp³-hybridized carbons (Fsp3) is 0. The molecule has 0 spiro atoms. The Labute approximate surface area is 95.2 Å². The lowest BCUT2D eigenvalue weighted by Gasteiger charge is -2.04. The first kappa shape index (κ1) is 10.9. The zero-order valence-corrected chi connectivity index (χ0v) is 8.46. The Kier molecular flexibility index (Phi) is 2.91. The Morgan fingerprint density at radius 3 is 2.88 bits per heavy atom. The number of hydrogen-bond acceptors (Lipinski definition) is 5. The summed E-state index contributed by atoms with van der Waals surface area (Å²) in [5.74, 6) is -1.69. The summed E-state index contributed by atoms with van der Waals surface area (Å²) in [6.45, 7) is 0. The molecule has 0 unspecified atom stereocenters. The number of benzene rings is 1. The van der Waals surface area contributed by atoms with E-state index >= 15 is 0 Å². The Morgan fingerprint density at radius 1 is 1.35 bits per heavy atom. The van der Waals surface area contributed by atoms with Crippen molar-refractivity contribution < 1.29 is 14.3 Å². The van der Waals surface area contributed by atoms with E-state index in [2.05, 4.69) is 20.5 Å². The molecule has 1 heterocycles. The minimum atomic E-state index is -0.713. The molecule has 7 heteroatoms. The van der Waals surface area contributed by atoms with Crippen molar-refractivity contribution >= 4 is 11.9 Å². The molecular weight excluding hydrogens is 227 g/mol. The Bertz CT molecular complexity index is 547. The molecule has 2 aromatic rings. The molecule has 1 amide bonds. The molecule has 0 bridgehead atoms. The molecule has 86 valence electrons. The quantitative estimate of drug-likeness (QED) is 0.808. The van der Waals surface area contributed by atoms with Crippen LogP contribution in [0.3, 0.4) is 0 Å². The largest absolute Gasteiger partial charge is 0.507 e. The molecule has 6 nitrogen and oxygen atoms in total. The van der Waals surface area contributed by atoms with Crippen LogP contribution in [0.5, 0.6) is 5.75 Å². The van der Waals surface area contributed by atoms with Crippen LogP contribution in [0.1, 0.15) is 10.4 Å². The van der Waals surface area contributed by atoms with Crippen LogP contribution >= 0.6 is 0 Å². The highest BCUT2D eigenvalue weighted by Gasteiger charge is 2.13. The van der Waals surface area contributed by atoms with Crippen molar-refractivity contribution in [1.29, 1.82) is 0 Å². The van der Waals surface area contributed by atoms with Gasteiger partial charge in [0.1, 0.15) is 11.6 Å². The molecule has 0 saturated carbocycles. The number of phenols is 1. The molecule has 2 rings (SSSR count). The van der Waals surface area contributed by atoms with E-state index in [4.69, 9.17) is 0 Å². The lowest BCUT2D eigenvalue weighted by Crippen LogP contribution is -2.14. The predicted molar refractivity (Wildman–Crippen MR) is 55.8 cm³/mol. The summed E-state index contributed by atoms with van der Waals surface area (Å²) in [6.07, 6.45) is 2.68. The number of nitrogens with one attached hydrogen (secondary N) is 1. The van der Waals surface area contributed by atoms with E-state index in [9.17, 15) is 14.3 Å². The molecule has 0 aliphatic rings. The van der Waals surface area contributed by atoms with Gasteiger partial charge in [-0.15, -0.1) is 5.10 Å². The first-order valence-electron chi connectivity index (χ1n) is 4.60. The van der Waals surface area contributed by atoms with E-state index in [-0.39, 0.29) is 17.3 Å². The van der Waals surface area contributed by atoms with Gasteiger partial charge in [0.15, 0.2) is 0 Å². The zero-order valence-electron chi connectivity index (χ0n) is 8.46. The van der Waals surface area contributed by atoms with Crippen LogP contribution < -0.4 is 5.32 Å². The number of amides is 1. The van der Waals surface area contributed by atoms with Gasteiger partial charge < -0.3 is 5.11 Å². The lowest BCUT2D eigenvalue weighted by molar-refractivity contribution is 0.102. The highest BCUT2D eigenvalue weighted by molar-refractivity contribution is 6.05. The van der Waals surface area contributed by atoms with E-state index in [1.54, 1.807) is 0 Å². The molecule has 1 aromatic carbocycles. The van der Waals surface area contributed by atoms with Crippen molar-refractivity contribution in [2.24, 2.45) is 0 Å². The van der Waals surface area contributed by atoms with Crippen LogP contribution in [0, 0.1) is 5.82 Å². The summed E-state index contributed by atoms with van der Waals surface area (Å²) in [6, 6.07) is 3.06. The van der Waals surface area contributed by atoms with Gasteiger partial charge in [-0.3, -0.25) is 10.1 Å². The Balaban J connectivity index is 2.23. The third-order valence-corrected chi connectivity index (χ3v) is 1.91. The van der Waals surface area contributed by atoms with E-state index in [0.717, 1.165) is 18.2 Å². The first-order valence-corrected chi connectivity index (χ1v) is 4.60. The highest BCUT2D eigenvalue weighted by atomic mass is 19.1. The summed E-state index contributed by atoms with van der Waals surface area (Å²) >= 11 is 0. The molecular formula is C10H7FN4O2. The van der Waals surface area contributed by atoms with Crippen molar-refractivity contribution in [1.82, 2.24) is 15.2 Å². The number of hydrogen-bond donors (Lipinski definition) is 2. The molecule has 0 radical (unpaired) electrons.